The Morgan fingerprint density at radius 1 is 1.39 bits per heavy atom. The fraction of sp³-hybridized carbons (Fsp3) is 0.600. The second-order valence-corrected chi connectivity index (χ2v) is 5.47. The van der Waals surface area contributed by atoms with Crippen LogP contribution in [-0.2, 0) is 4.74 Å². The molecular weight excluding hydrogens is 246 g/mol. The smallest absolute Gasteiger partial charge is 0.0700 e. The Bertz CT molecular complexity index is 365. The zero-order valence-electron chi connectivity index (χ0n) is 11.2. The van der Waals surface area contributed by atoms with Crippen molar-refractivity contribution in [1.82, 2.24) is 5.32 Å². The molecule has 0 saturated carbocycles. The average molecular weight is 268 g/mol. The van der Waals surface area contributed by atoms with Crippen LogP contribution in [0.4, 0.5) is 0 Å². The Morgan fingerprint density at radius 3 is 2.67 bits per heavy atom. The first-order chi connectivity index (χ1) is 8.70. The summed E-state index contributed by atoms with van der Waals surface area (Å²) in [5, 5.41) is 4.53. The van der Waals surface area contributed by atoms with Gasteiger partial charge in [-0.2, -0.15) is 0 Å². The van der Waals surface area contributed by atoms with Gasteiger partial charge in [-0.25, -0.2) is 0 Å². The van der Waals surface area contributed by atoms with Gasteiger partial charge in [-0.15, -0.1) is 0 Å². The SMILES string of the molecule is CCCC(NC1CCOC1C)c1ccc(Cl)cc1. The quantitative estimate of drug-likeness (QED) is 0.872. The van der Waals surface area contributed by atoms with E-state index in [1.807, 2.05) is 12.1 Å². The minimum atomic E-state index is 0.316. The molecule has 1 aromatic carbocycles. The van der Waals surface area contributed by atoms with Crippen LogP contribution in [0.5, 0.6) is 0 Å². The van der Waals surface area contributed by atoms with Crippen LogP contribution in [0.2, 0.25) is 5.02 Å². The number of halogens is 1. The van der Waals surface area contributed by atoms with Gasteiger partial charge in [-0.05, 0) is 37.5 Å². The van der Waals surface area contributed by atoms with Crippen molar-refractivity contribution in [3.63, 3.8) is 0 Å². The van der Waals surface area contributed by atoms with Crippen molar-refractivity contribution in [2.75, 3.05) is 6.61 Å². The van der Waals surface area contributed by atoms with Gasteiger partial charge in [0.15, 0.2) is 0 Å². The van der Waals surface area contributed by atoms with Crippen LogP contribution < -0.4 is 5.32 Å². The second kappa shape index (κ2) is 6.55. The van der Waals surface area contributed by atoms with Gasteiger partial charge in [-0.1, -0.05) is 37.1 Å². The molecule has 1 heterocycles. The summed E-state index contributed by atoms with van der Waals surface area (Å²) in [6.45, 7) is 5.24. The summed E-state index contributed by atoms with van der Waals surface area (Å²) in [5.41, 5.74) is 1.32. The predicted octanol–water partition coefficient (Wildman–Crippen LogP) is 3.95. The molecule has 0 bridgehead atoms. The van der Waals surface area contributed by atoms with Crippen LogP contribution in [0, 0.1) is 0 Å². The molecule has 0 aromatic heterocycles. The highest BCUT2D eigenvalue weighted by molar-refractivity contribution is 6.30. The molecule has 18 heavy (non-hydrogen) atoms. The molecule has 1 N–H and O–H groups in total. The highest BCUT2D eigenvalue weighted by Crippen LogP contribution is 2.24. The van der Waals surface area contributed by atoms with Gasteiger partial charge in [0.2, 0.25) is 0 Å². The van der Waals surface area contributed by atoms with Crippen molar-refractivity contribution in [3.05, 3.63) is 34.9 Å². The third-order valence-electron chi connectivity index (χ3n) is 3.64. The number of ether oxygens (including phenoxy) is 1. The third kappa shape index (κ3) is 3.47. The molecule has 1 saturated heterocycles. The highest BCUT2D eigenvalue weighted by Gasteiger charge is 2.26. The summed E-state index contributed by atoms with van der Waals surface area (Å²) in [7, 11) is 0. The molecule has 2 rings (SSSR count). The van der Waals surface area contributed by atoms with E-state index in [4.69, 9.17) is 16.3 Å². The fourth-order valence-corrected chi connectivity index (χ4v) is 2.66. The molecule has 1 aromatic rings. The molecule has 0 aliphatic carbocycles. The molecule has 0 radical (unpaired) electrons. The van der Waals surface area contributed by atoms with Gasteiger partial charge in [0.1, 0.15) is 0 Å². The largest absolute Gasteiger partial charge is 0.377 e. The van der Waals surface area contributed by atoms with Gasteiger partial charge in [0, 0.05) is 23.7 Å². The Labute approximate surface area is 115 Å². The Balaban J connectivity index is 2.05. The summed E-state index contributed by atoms with van der Waals surface area (Å²) in [5.74, 6) is 0. The maximum atomic E-state index is 5.95. The molecule has 100 valence electrons. The lowest BCUT2D eigenvalue weighted by Gasteiger charge is -2.25. The fourth-order valence-electron chi connectivity index (χ4n) is 2.54. The van der Waals surface area contributed by atoms with Gasteiger partial charge in [0.25, 0.3) is 0 Å². The minimum absolute atomic E-state index is 0.316. The summed E-state index contributed by atoms with van der Waals surface area (Å²) in [4.78, 5) is 0. The molecule has 3 heteroatoms. The Morgan fingerprint density at radius 2 is 2.11 bits per heavy atom. The molecule has 1 aliphatic heterocycles. The average Bonchev–Trinajstić information content (AvgIpc) is 2.76. The van der Waals surface area contributed by atoms with Crippen LogP contribution in [0.25, 0.3) is 0 Å². The van der Waals surface area contributed by atoms with E-state index in [0.29, 0.717) is 18.2 Å². The number of nitrogens with one attached hydrogen (secondary N) is 1. The first-order valence-corrected chi connectivity index (χ1v) is 7.21. The van der Waals surface area contributed by atoms with Crippen molar-refractivity contribution in [1.29, 1.82) is 0 Å². The normalized spacial score (nSPS) is 25.3. The summed E-state index contributed by atoms with van der Waals surface area (Å²) in [6, 6.07) is 9.05. The highest BCUT2D eigenvalue weighted by atomic mass is 35.5. The van der Waals surface area contributed by atoms with Crippen LogP contribution in [-0.4, -0.2) is 18.8 Å². The van der Waals surface area contributed by atoms with Crippen LogP contribution in [0.3, 0.4) is 0 Å². The maximum Gasteiger partial charge on any atom is 0.0700 e. The van der Waals surface area contributed by atoms with Crippen LogP contribution in [0.1, 0.15) is 44.7 Å². The Hall–Kier alpha value is -0.570. The van der Waals surface area contributed by atoms with Crippen LogP contribution in [0.15, 0.2) is 24.3 Å². The topological polar surface area (TPSA) is 21.3 Å². The van der Waals surface area contributed by atoms with E-state index >= 15 is 0 Å². The summed E-state index contributed by atoms with van der Waals surface area (Å²) in [6.07, 6.45) is 3.74. The molecule has 3 atom stereocenters. The third-order valence-corrected chi connectivity index (χ3v) is 3.89. The van der Waals surface area contributed by atoms with Crippen LogP contribution >= 0.6 is 11.6 Å². The molecule has 1 fully saturated rings. The van der Waals surface area contributed by atoms with Crippen molar-refractivity contribution in [2.45, 2.75) is 51.3 Å². The van der Waals surface area contributed by atoms with E-state index in [1.54, 1.807) is 0 Å². The lowest BCUT2D eigenvalue weighted by Crippen LogP contribution is -2.37. The molecule has 1 aliphatic rings. The minimum Gasteiger partial charge on any atom is -0.377 e. The standard InChI is InChI=1S/C15H22ClNO/c1-3-4-15(12-5-7-13(16)8-6-12)17-14-9-10-18-11(14)2/h5-8,11,14-15,17H,3-4,9-10H2,1-2H3. The van der Waals surface area contributed by atoms with E-state index < -0.39 is 0 Å². The van der Waals surface area contributed by atoms with Crippen molar-refractivity contribution >= 4 is 11.6 Å². The number of rotatable bonds is 5. The van der Waals surface area contributed by atoms with E-state index in [0.717, 1.165) is 24.5 Å². The summed E-state index contributed by atoms with van der Waals surface area (Å²) >= 11 is 5.95. The zero-order chi connectivity index (χ0) is 13.0. The molecular formula is C15H22ClNO. The monoisotopic (exact) mass is 267 g/mol. The number of benzene rings is 1. The molecule has 3 unspecified atom stereocenters. The zero-order valence-corrected chi connectivity index (χ0v) is 11.9. The van der Waals surface area contributed by atoms with Gasteiger partial charge < -0.3 is 10.1 Å². The predicted molar refractivity (Wildman–Crippen MR) is 76.1 cm³/mol. The lowest BCUT2D eigenvalue weighted by molar-refractivity contribution is 0.110. The molecule has 2 nitrogen and oxygen atoms in total. The lowest BCUT2D eigenvalue weighted by atomic mass is 10.00. The molecule has 0 amide bonds. The van der Waals surface area contributed by atoms with E-state index in [2.05, 4.69) is 31.3 Å². The number of hydrogen-bond acceptors (Lipinski definition) is 2. The molecule has 0 spiro atoms. The van der Waals surface area contributed by atoms with Gasteiger partial charge in [-0.3, -0.25) is 0 Å². The van der Waals surface area contributed by atoms with Gasteiger partial charge in [0.05, 0.1) is 6.10 Å². The van der Waals surface area contributed by atoms with E-state index in [9.17, 15) is 0 Å². The Kier molecular flexibility index (Phi) is 5.04. The maximum absolute atomic E-state index is 5.95. The number of hydrogen-bond donors (Lipinski definition) is 1. The van der Waals surface area contributed by atoms with Crippen molar-refractivity contribution < 1.29 is 4.74 Å². The first-order valence-electron chi connectivity index (χ1n) is 6.84. The van der Waals surface area contributed by atoms with E-state index in [1.165, 1.54) is 12.0 Å². The second-order valence-electron chi connectivity index (χ2n) is 5.03. The van der Waals surface area contributed by atoms with E-state index in [-0.39, 0.29) is 0 Å². The first kappa shape index (κ1) is 13.9. The van der Waals surface area contributed by atoms with Gasteiger partial charge >= 0.3 is 0 Å². The summed E-state index contributed by atoms with van der Waals surface area (Å²) < 4.78 is 5.62. The van der Waals surface area contributed by atoms with Crippen molar-refractivity contribution in [3.8, 4) is 0 Å². The van der Waals surface area contributed by atoms with Crippen molar-refractivity contribution in [2.24, 2.45) is 0 Å².